The number of amides is 7. The smallest absolute Gasteiger partial charge is 0.335 e. The summed E-state index contributed by atoms with van der Waals surface area (Å²) in [6, 6.07) is 10.2. The summed E-state index contributed by atoms with van der Waals surface area (Å²) >= 11 is 1.23. The summed E-state index contributed by atoms with van der Waals surface area (Å²) in [4.78, 5) is 126. The van der Waals surface area contributed by atoms with Crippen LogP contribution in [0.4, 0.5) is 5.69 Å². The van der Waals surface area contributed by atoms with Crippen molar-refractivity contribution in [3.63, 3.8) is 0 Å². The SMILES string of the molecule is CC[C@H](C)[C@H](NC(=O)[C@H]1CCCC[N+]1(C)Cc1ccc(O[C@@H]2O[C@H](C(=O)O)[C@@H](O)[C@H](O)[C@H]2O)c(NC(=O)CCNC(=O)[C@H](CN)N2C(=O)C=CC2=O)c1)C(=O)N(C)[C@H](C[C@@H](OC)c1nc(C(=O)N[C@@H](Cc2ccccc2)C[C@H](C)C(=O)O)cs1)C(C)C. The van der Waals surface area contributed by atoms with E-state index >= 15 is 0 Å². The number of hydrogen-bond acceptors (Lipinski definition) is 18. The van der Waals surface area contributed by atoms with Crippen molar-refractivity contribution in [1.29, 1.82) is 0 Å². The summed E-state index contributed by atoms with van der Waals surface area (Å²) in [5, 5.41) is 64.6. The van der Waals surface area contributed by atoms with Crippen molar-refractivity contribution in [2.24, 2.45) is 23.5 Å². The molecule has 2 aromatic carbocycles. The highest BCUT2D eigenvalue weighted by molar-refractivity contribution is 7.09. The average molecular weight is 1240 g/mol. The fourth-order valence-corrected chi connectivity index (χ4v) is 12.1. The molecule has 0 radical (unpaired) electrons. The maximum atomic E-state index is 14.9. The Labute approximate surface area is 509 Å². The van der Waals surface area contributed by atoms with E-state index < -0.39 is 121 Å². The number of imide groups is 1. The summed E-state index contributed by atoms with van der Waals surface area (Å²) < 4.78 is 17.4. The number of hydrogen-bond donors (Lipinski definition) is 10. The van der Waals surface area contributed by atoms with Crippen LogP contribution in [0.15, 0.2) is 66.1 Å². The van der Waals surface area contributed by atoms with Gasteiger partial charge in [0.2, 0.25) is 24.0 Å². The number of aliphatic carboxylic acids is 2. The molecule has 27 heteroatoms. The first-order valence-corrected chi connectivity index (χ1v) is 30.1. The molecule has 0 bridgehead atoms. The second-order valence-electron chi connectivity index (χ2n) is 23.3. The number of nitrogens with one attached hydrogen (secondary N) is 4. The average Bonchev–Trinajstić information content (AvgIpc) is 2.73. The number of aromatic nitrogens is 1. The first kappa shape index (κ1) is 68.9. The molecule has 0 saturated carbocycles. The van der Waals surface area contributed by atoms with Crippen molar-refractivity contribution in [2.45, 2.75) is 160 Å². The minimum absolute atomic E-state index is 0.0232. The number of carbonyl (C=O) groups excluding carboxylic acids is 7. The van der Waals surface area contributed by atoms with Crippen molar-refractivity contribution < 1.29 is 87.4 Å². The van der Waals surface area contributed by atoms with Gasteiger partial charge in [0.25, 0.3) is 23.6 Å². The molecule has 2 saturated heterocycles. The molecule has 3 aromatic rings. The van der Waals surface area contributed by atoms with Crippen LogP contribution in [0.5, 0.6) is 5.75 Å². The van der Waals surface area contributed by atoms with Gasteiger partial charge in [-0.05, 0) is 61.3 Å². The molecule has 1 aromatic heterocycles. The lowest BCUT2D eigenvalue weighted by molar-refractivity contribution is -0.942. The summed E-state index contributed by atoms with van der Waals surface area (Å²) in [7, 11) is 5.14. The Kier molecular flexibility index (Phi) is 24.6. The largest absolute Gasteiger partial charge is 0.481 e. The lowest BCUT2D eigenvalue weighted by Crippen LogP contribution is -2.63. The summed E-state index contributed by atoms with van der Waals surface area (Å²) in [5.74, 6) is -7.97. The number of piperidine rings is 1. The van der Waals surface area contributed by atoms with E-state index in [1.54, 1.807) is 36.4 Å². The number of ether oxygens (including phenoxy) is 3. The van der Waals surface area contributed by atoms with Gasteiger partial charge in [0, 0.05) is 81.7 Å². The molecule has 3 aliphatic rings. The number of carbonyl (C=O) groups is 9. The second-order valence-corrected chi connectivity index (χ2v) is 24.2. The number of carboxylic acid groups (broad SMARTS) is 2. The minimum atomic E-state index is -2.01. The number of likely N-dealkylation sites (tertiary alicyclic amines) is 1. The quantitative estimate of drug-likeness (QED) is 0.0336. The van der Waals surface area contributed by atoms with Gasteiger partial charge in [-0.2, -0.15) is 0 Å². The molecule has 1 unspecified atom stereocenters. The van der Waals surface area contributed by atoms with Gasteiger partial charge < -0.3 is 76.1 Å². The Morgan fingerprint density at radius 1 is 0.920 bits per heavy atom. The number of aliphatic hydroxyl groups excluding tert-OH is 3. The van der Waals surface area contributed by atoms with Gasteiger partial charge in [-0.3, -0.25) is 43.3 Å². The molecule has 87 heavy (non-hydrogen) atoms. The molecule has 6 rings (SSSR count). The van der Waals surface area contributed by atoms with E-state index in [1.165, 1.54) is 24.5 Å². The highest BCUT2D eigenvalue weighted by atomic mass is 32.1. The van der Waals surface area contributed by atoms with E-state index in [9.17, 15) is 68.7 Å². The minimum Gasteiger partial charge on any atom is -0.481 e. The first-order valence-electron chi connectivity index (χ1n) is 29.2. The molecule has 4 heterocycles. The van der Waals surface area contributed by atoms with E-state index in [0.717, 1.165) is 24.1 Å². The van der Waals surface area contributed by atoms with Crippen LogP contribution in [0.2, 0.25) is 0 Å². The van der Waals surface area contributed by atoms with Crippen LogP contribution in [-0.4, -0.2) is 200 Å². The highest BCUT2D eigenvalue weighted by Crippen LogP contribution is 2.35. The Balaban J connectivity index is 1.18. The summed E-state index contributed by atoms with van der Waals surface area (Å²) in [6.07, 6.45) is -5.47. The number of aliphatic hydroxyl groups is 3. The van der Waals surface area contributed by atoms with E-state index in [1.807, 2.05) is 65.1 Å². The topological polar surface area (TPSA) is 376 Å². The zero-order valence-electron chi connectivity index (χ0n) is 50.3. The Bertz CT molecular complexity index is 2950. The van der Waals surface area contributed by atoms with Crippen molar-refractivity contribution in [1.82, 2.24) is 30.7 Å². The van der Waals surface area contributed by atoms with Crippen LogP contribution in [0.1, 0.15) is 112 Å². The van der Waals surface area contributed by atoms with E-state index in [-0.39, 0.29) is 71.2 Å². The lowest BCUT2D eigenvalue weighted by Gasteiger charge is -2.44. The molecule has 3 aliphatic heterocycles. The van der Waals surface area contributed by atoms with Crippen molar-refractivity contribution in [3.8, 4) is 5.75 Å². The monoisotopic (exact) mass is 1230 g/mol. The van der Waals surface area contributed by atoms with E-state index in [2.05, 4.69) is 26.3 Å². The van der Waals surface area contributed by atoms with Gasteiger partial charge in [0.15, 0.2) is 12.1 Å². The summed E-state index contributed by atoms with van der Waals surface area (Å²) in [5.41, 5.74) is 7.38. The molecular weight excluding hydrogens is 1150 g/mol. The van der Waals surface area contributed by atoms with Gasteiger partial charge in [-0.15, -0.1) is 11.3 Å². The molecule has 0 spiro atoms. The number of benzene rings is 2. The van der Waals surface area contributed by atoms with E-state index in [4.69, 9.17) is 19.9 Å². The molecule has 26 nitrogen and oxygen atoms in total. The lowest BCUT2D eigenvalue weighted by atomic mass is 9.92. The van der Waals surface area contributed by atoms with Crippen LogP contribution in [-0.2, 0) is 60.8 Å². The van der Waals surface area contributed by atoms with E-state index in [0.29, 0.717) is 54.1 Å². The molecule has 14 atom stereocenters. The molecule has 11 N–H and O–H groups in total. The first-order chi connectivity index (χ1) is 41.2. The fourth-order valence-electron chi connectivity index (χ4n) is 11.3. The Hall–Kier alpha value is -7.24. The van der Waals surface area contributed by atoms with Gasteiger partial charge >= 0.3 is 11.9 Å². The third-order valence-electron chi connectivity index (χ3n) is 16.6. The van der Waals surface area contributed by atoms with Crippen molar-refractivity contribution >= 4 is 70.3 Å². The van der Waals surface area contributed by atoms with Crippen LogP contribution in [0, 0.1) is 17.8 Å². The highest BCUT2D eigenvalue weighted by Gasteiger charge is 2.49. The number of quaternary nitrogens is 1. The number of anilines is 1. The number of nitrogens with two attached hydrogens (primary N) is 1. The van der Waals surface area contributed by atoms with Crippen LogP contribution < -0.4 is 31.7 Å². The van der Waals surface area contributed by atoms with Gasteiger partial charge in [-0.1, -0.05) is 71.4 Å². The van der Waals surface area contributed by atoms with Gasteiger partial charge in [-0.25, -0.2) is 9.78 Å². The maximum absolute atomic E-state index is 14.9. The predicted octanol–water partition coefficient (Wildman–Crippen LogP) is 1.85. The van der Waals surface area contributed by atoms with Crippen LogP contribution >= 0.6 is 11.3 Å². The summed E-state index contributed by atoms with van der Waals surface area (Å²) in [6.45, 7) is 9.42. The molecule has 2 fully saturated rings. The number of likely N-dealkylation sites (N-methyl/N-ethyl adjacent to an activating group) is 2. The maximum Gasteiger partial charge on any atom is 0.335 e. The Morgan fingerprint density at radius 3 is 2.23 bits per heavy atom. The molecular formula is C60H84N9O17S+. The van der Waals surface area contributed by atoms with Crippen molar-refractivity contribution in [3.05, 3.63) is 87.9 Å². The number of nitrogens with zero attached hydrogens (tertiary/aromatic N) is 4. The second kappa shape index (κ2) is 31.1. The van der Waals surface area contributed by atoms with Gasteiger partial charge in [0.1, 0.15) is 59.5 Å². The number of carboxylic acids is 2. The molecule has 476 valence electrons. The van der Waals surface area contributed by atoms with Crippen LogP contribution in [0.3, 0.4) is 0 Å². The predicted molar refractivity (Wildman–Crippen MR) is 316 cm³/mol. The zero-order valence-corrected chi connectivity index (χ0v) is 51.1. The molecule has 7 amide bonds. The Morgan fingerprint density at radius 2 is 1.61 bits per heavy atom. The standard InChI is InChI=1S/C60H83N9O17S/c1-9-33(4)48(57(79)67(6)40(32(2)3)28-44(84-8)56-65-39(31-87-56)53(76)63-37(25-34(5)58(80)81)26-35-15-11-10-12-16-35)66-55(78)42-17-13-14-24-69(42,7)30-36-18-19-43(85-60-51(75)49(73)50(74)52(86-60)59(82)83)38(27-36)64-45(70)22-23-62-54(77)41(29-61)68-46(71)20-21-47(68)72/h10-12,15-16,18-21,27,31-34,37,40-42,44,48-52,60,73-75H,9,13-14,17,22-26,28-30,61H2,1-8H3,(H5-,62,63,64,66,70,76,77,78,80,81,82,83)/p+1/t33-,34-,37+,40+,41-,42+,44+,48-,49-,50-,51+,52-,60+,69?/m0/s1. The molecule has 0 aliphatic carbocycles. The number of thiazole rings is 1. The fraction of sp³-hybridized carbons (Fsp3) is 0.567. The van der Waals surface area contributed by atoms with Gasteiger partial charge in [0.05, 0.1) is 25.2 Å². The number of methoxy groups -OCH3 is 1. The third-order valence-corrected chi connectivity index (χ3v) is 17.5. The zero-order chi connectivity index (χ0) is 64.0. The van der Waals surface area contributed by atoms with Crippen LogP contribution in [0.25, 0.3) is 0 Å². The number of rotatable bonds is 30. The normalized spacial score (nSPS) is 23.6. The third kappa shape index (κ3) is 17.5. The van der Waals surface area contributed by atoms with Crippen molar-refractivity contribution in [2.75, 3.05) is 46.2 Å².